The highest BCUT2D eigenvalue weighted by molar-refractivity contribution is 5.29. The Morgan fingerprint density at radius 3 is 2.33 bits per heavy atom. The average Bonchev–Trinajstić information content (AvgIpc) is 3.26. The summed E-state index contributed by atoms with van der Waals surface area (Å²) in [4.78, 5) is 0. The summed E-state index contributed by atoms with van der Waals surface area (Å²) in [5.74, 6) is 0.731. The molecular formula is C16H20F3NO. The van der Waals surface area contributed by atoms with Gasteiger partial charge in [-0.15, -0.1) is 13.2 Å². The maximum absolute atomic E-state index is 12.1. The van der Waals surface area contributed by atoms with E-state index in [0.29, 0.717) is 5.41 Å². The number of hydrogen-bond donors (Lipinski definition) is 1. The van der Waals surface area contributed by atoms with Crippen molar-refractivity contribution in [3.63, 3.8) is 0 Å². The monoisotopic (exact) mass is 299 g/mol. The van der Waals surface area contributed by atoms with Crippen LogP contribution in [0.5, 0.6) is 5.75 Å². The minimum Gasteiger partial charge on any atom is -0.406 e. The Bertz CT molecular complexity index is 489. The molecule has 2 nitrogen and oxygen atoms in total. The van der Waals surface area contributed by atoms with Crippen LogP contribution in [0.3, 0.4) is 0 Å². The van der Waals surface area contributed by atoms with E-state index in [4.69, 9.17) is 0 Å². The standard InChI is InChI=1S/C16H20F3NO/c1-11(20-10-15(8-9-15)13-4-5-13)12-2-6-14(7-3-12)21-16(17,18)19/h2-3,6-7,11,13,20H,4-5,8-10H2,1H3. The van der Waals surface area contributed by atoms with Crippen LogP contribution in [0.1, 0.15) is 44.2 Å². The Morgan fingerprint density at radius 1 is 1.24 bits per heavy atom. The zero-order valence-electron chi connectivity index (χ0n) is 12.0. The predicted molar refractivity (Wildman–Crippen MR) is 73.9 cm³/mol. The molecule has 2 fully saturated rings. The van der Waals surface area contributed by atoms with E-state index in [1.165, 1.54) is 37.8 Å². The quantitative estimate of drug-likeness (QED) is 0.839. The van der Waals surface area contributed by atoms with Gasteiger partial charge in [0.25, 0.3) is 0 Å². The number of rotatable bonds is 6. The lowest BCUT2D eigenvalue weighted by atomic mass is 9.99. The lowest BCUT2D eigenvalue weighted by molar-refractivity contribution is -0.274. The minimum absolute atomic E-state index is 0.140. The largest absolute Gasteiger partial charge is 0.573 e. The molecule has 0 amide bonds. The van der Waals surface area contributed by atoms with Crippen LogP contribution in [-0.2, 0) is 0 Å². The third-order valence-electron chi connectivity index (χ3n) is 4.71. The van der Waals surface area contributed by atoms with Gasteiger partial charge in [-0.2, -0.15) is 0 Å². The maximum Gasteiger partial charge on any atom is 0.573 e. The van der Waals surface area contributed by atoms with Gasteiger partial charge in [0.2, 0.25) is 0 Å². The van der Waals surface area contributed by atoms with E-state index in [9.17, 15) is 13.2 Å². The Hall–Kier alpha value is -1.23. The van der Waals surface area contributed by atoms with Crippen molar-refractivity contribution in [3.8, 4) is 5.75 Å². The van der Waals surface area contributed by atoms with Gasteiger partial charge in [-0.3, -0.25) is 0 Å². The summed E-state index contributed by atoms with van der Waals surface area (Å²) < 4.78 is 40.2. The lowest BCUT2D eigenvalue weighted by Gasteiger charge is -2.20. The normalized spacial score (nSPS) is 21.9. The van der Waals surface area contributed by atoms with Gasteiger partial charge in [0, 0.05) is 12.6 Å². The zero-order chi connectivity index (χ0) is 15.1. The molecule has 116 valence electrons. The predicted octanol–water partition coefficient (Wildman–Crippen LogP) is 4.43. The van der Waals surface area contributed by atoms with Crippen molar-refractivity contribution >= 4 is 0 Å². The van der Waals surface area contributed by atoms with Crippen LogP contribution < -0.4 is 10.1 Å². The molecule has 1 aromatic rings. The smallest absolute Gasteiger partial charge is 0.406 e. The molecule has 1 N–H and O–H groups in total. The van der Waals surface area contributed by atoms with Crippen molar-refractivity contribution in [3.05, 3.63) is 29.8 Å². The van der Waals surface area contributed by atoms with E-state index >= 15 is 0 Å². The summed E-state index contributed by atoms with van der Waals surface area (Å²) in [6.45, 7) is 3.06. The molecule has 0 aliphatic heterocycles. The molecule has 21 heavy (non-hydrogen) atoms. The van der Waals surface area contributed by atoms with Crippen LogP contribution >= 0.6 is 0 Å². The highest BCUT2D eigenvalue weighted by Gasteiger charge is 2.53. The molecule has 2 aliphatic carbocycles. The average molecular weight is 299 g/mol. The molecule has 2 saturated carbocycles. The zero-order valence-corrected chi connectivity index (χ0v) is 12.0. The Labute approximate surface area is 122 Å². The molecule has 1 aromatic carbocycles. The first-order valence-electron chi connectivity index (χ1n) is 7.47. The van der Waals surface area contributed by atoms with E-state index in [2.05, 4.69) is 10.1 Å². The fourth-order valence-corrected chi connectivity index (χ4v) is 3.02. The molecule has 0 aromatic heterocycles. The number of alkyl halides is 3. The van der Waals surface area contributed by atoms with E-state index in [1.807, 2.05) is 6.92 Å². The molecule has 5 heteroatoms. The molecule has 2 aliphatic rings. The Kier molecular flexibility index (Phi) is 3.64. The van der Waals surface area contributed by atoms with E-state index < -0.39 is 6.36 Å². The van der Waals surface area contributed by atoms with Crippen molar-refractivity contribution in [2.75, 3.05) is 6.54 Å². The lowest BCUT2D eigenvalue weighted by Crippen LogP contribution is -2.28. The van der Waals surface area contributed by atoms with Crippen molar-refractivity contribution in [2.24, 2.45) is 11.3 Å². The number of benzene rings is 1. The second kappa shape index (κ2) is 5.20. The summed E-state index contributed by atoms with van der Waals surface area (Å²) in [7, 11) is 0. The molecule has 0 radical (unpaired) electrons. The Morgan fingerprint density at radius 2 is 1.86 bits per heavy atom. The molecule has 1 unspecified atom stereocenters. The highest BCUT2D eigenvalue weighted by Crippen LogP contribution is 2.60. The molecular weight excluding hydrogens is 279 g/mol. The Balaban J connectivity index is 1.53. The number of hydrogen-bond acceptors (Lipinski definition) is 2. The van der Waals surface area contributed by atoms with Gasteiger partial charge >= 0.3 is 6.36 Å². The molecule has 0 spiro atoms. The fourth-order valence-electron chi connectivity index (χ4n) is 3.02. The van der Waals surface area contributed by atoms with Gasteiger partial charge in [0.15, 0.2) is 0 Å². The van der Waals surface area contributed by atoms with E-state index in [-0.39, 0.29) is 11.8 Å². The first kappa shape index (κ1) is 14.7. The summed E-state index contributed by atoms with van der Waals surface area (Å²) in [5.41, 5.74) is 1.50. The summed E-state index contributed by atoms with van der Waals surface area (Å²) in [6.07, 6.45) is 0.721. The van der Waals surface area contributed by atoms with Crippen LogP contribution in [0.4, 0.5) is 13.2 Å². The van der Waals surface area contributed by atoms with Gasteiger partial charge in [0.1, 0.15) is 5.75 Å². The van der Waals surface area contributed by atoms with Crippen molar-refractivity contribution in [1.82, 2.24) is 5.32 Å². The number of halogens is 3. The SMILES string of the molecule is CC(NCC1(C2CC2)CC1)c1ccc(OC(F)(F)F)cc1. The van der Waals surface area contributed by atoms with Crippen LogP contribution in [-0.4, -0.2) is 12.9 Å². The second-order valence-electron chi connectivity index (χ2n) is 6.36. The minimum atomic E-state index is -4.63. The molecule has 0 saturated heterocycles. The summed E-state index contributed by atoms with van der Waals surface area (Å²) >= 11 is 0. The third kappa shape index (κ3) is 3.70. The third-order valence-corrected chi connectivity index (χ3v) is 4.71. The van der Waals surface area contributed by atoms with Crippen LogP contribution in [0.2, 0.25) is 0 Å². The number of nitrogens with one attached hydrogen (secondary N) is 1. The topological polar surface area (TPSA) is 21.3 Å². The van der Waals surface area contributed by atoms with Crippen LogP contribution in [0.25, 0.3) is 0 Å². The molecule has 0 bridgehead atoms. The first-order chi connectivity index (χ1) is 9.88. The van der Waals surface area contributed by atoms with Gasteiger partial charge in [-0.1, -0.05) is 12.1 Å². The summed E-state index contributed by atoms with van der Waals surface area (Å²) in [6, 6.07) is 6.26. The number of ether oxygens (including phenoxy) is 1. The molecule has 0 heterocycles. The molecule has 3 rings (SSSR count). The van der Waals surface area contributed by atoms with Gasteiger partial charge in [-0.25, -0.2) is 0 Å². The maximum atomic E-state index is 12.1. The van der Waals surface area contributed by atoms with Crippen molar-refractivity contribution in [1.29, 1.82) is 0 Å². The second-order valence-corrected chi connectivity index (χ2v) is 6.36. The van der Waals surface area contributed by atoms with Crippen LogP contribution in [0, 0.1) is 11.3 Å². The van der Waals surface area contributed by atoms with Crippen LogP contribution in [0.15, 0.2) is 24.3 Å². The molecule has 1 atom stereocenters. The van der Waals surface area contributed by atoms with Crippen molar-refractivity contribution < 1.29 is 17.9 Å². The summed E-state index contributed by atoms with van der Waals surface area (Å²) in [5, 5.41) is 3.53. The van der Waals surface area contributed by atoms with Gasteiger partial charge in [0.05, 0.1) is 0 Å². The van der Waals surface area contributed by atoms with Gasteiger partial charge in [-0.05, 0) is 61.6 Å². The first-order valence-corrected chi connectivity index (χ1v) is 7.47. The van der Waals surface area contributed by atoms with E-state index in [1.54, 1.807) is 12.1 Å². The van der Waals surface area contributed by atoms with Gasteiger partial charge < -0.3 is 10.1 Å². The van der Waals surface area contributed by atoms with Crippen molar-refractivity contribution in [2.45, 2.75) is 45.0 Å². The fraction of sp³-hybridized carbons (Fsp3) is 0.625. The van der Waals surface area contributed by atoms with E-state index in [0.717, 1.165) is 18.0 Å². The highest BCUT2D eigenvalue weighted by atomic mass is 19.4.